The number of aliphatic carboxylic acids is 1. The highest BCUT2D eigenvalue weighted by molar-refractivity contribution is 6.04. The van der Waals surface area contributed by atoms with E-state index < -0.39 is 5.97 Å². The largest absolute Gasteiger partial charge is 0.481 e. The van der Waals surface area contributed by atoms with E-state index in [1.165, 1.54) is 0 Å². The number of hydrogen-bond acceptors (Lipinski definition) is 4. The predicted octanol–water partition coefficient (Wildman–Crippen LogP) is 2.46. The Balaban J connectivity index is 1.76. The van der Waals surface area contributed by atoms with Crippen molar-refractivity contribution in [2.24, 2.45) is 4.99 Å². The molecule has 0 atom stereocenters. The van der Waals surface area contributed by atoms with Crippen molar-refractivity contribution in [3.63, 3.8) is 0 Å². The van der Waals surface area contributed by atoms with Gasteiger partial charge in [0.05, 0.1) is 13.0 Å². The van der Waals surface area contributed by atoms with Gasteiger partial charge in [-0.15, -0.1) is 0 Å². The summed E-state index contributed by atoms with van der Waals surface area (Å²) in [5.41, 5.74) is 2.51. The number of benzene rings is 2. The van der Waals surface area contributed by atoms with Crippen molar-refractivity contribution in [1.82, 2.24) is 10.6 Å². The van der Waals surface area contributed by atoms with Gasteiger partial charge in [-0.05, 0) is 34.5 Å². The summed E-state index contributed by atoms with van der Waals surface area (Å²) in [6, 6.07) is 11.3. The summed E-state index contributed by atoms with van der Waals surface area (Å²) < 4.78 is 0. The van der Waals surface area contributed by atoms with Crippen LogP contribution < -0.4 is 10.6 Å². The molecular weight excluding hydrogens is 330 g/mol. The highest BCUT2D eigenvalue weighted by Crippen LogP contribution is 2.19. The van der Waals surface area contributed by atoms with Crippen LogP contribution in [0.2, 0.25) is 0 Å². The number of amides is 1. The molecule has 26 heavy (non-hydrogen) atoms. The Morgan fingerprint density at radius 1 is 1.23 bits per heavy atom. The number of carbonyl (C=O) groups excluding carboxylic acids is 1. The number of amidine groups is 1. The zero-order valence-electron chi connectivity index (χ0n) is 14.2. The van der Waals surface area contributed by atoms with Crippen LogP contribution in [0.5, 0.6) is 0 Å². The van der Waals surface area contributed by atoms with Crippen LogP contribution in [0.1, 0.15) is 22.3 Å². The Labute approximate surface area is 150 Å². The third kappa shape index (κ3) is 3.97. The molecule has 0 unspecified atom stereocenters. The van der Waals surface area contributed by atoms with Crippen molar-refractivity contribution in [3.8, 4) is 0 Å². The second-order valence-electron chi connectivity index (χ2n) is 5.91. The van der Waals surface area contributed by atoms with E-state index in [0.29, 0.717) is 12.1 Å². The van der Waals surface area contributed by atoms with E-state index >= 15 is 0 Å². The minimum Gasteiger partial charge on any atom is -0.481 e. The molecule has 0 saturated heterocycles. The smallest absolute Gasteiger partial charge is 0.305 e. The quantitative estimate of drug-likeness (QED) is 0.747. The maximum atomic E-state index is 12.1. The first kappa shape index (κ1) is 17.4. The number of carbonyl (C=O) groups is 2. The van der Waals surface area contributed by atoms with Crippen LogP contribution in [0.3, 0.4) is 0 Å². The van der Waals surface area contributed by atoms with Gasteiger partial charge < -0.3 is 15.7 Å². The highest BCUT2D eigenvalue weighted by Gasteiger charge is 2.10. The van der Waals surface area contributed by atoms with Crippen molar-refractivity contribution in [2.45, 2.75) is 6.42 Å². The summed E-state index contributed by atoms with van der Waals surface area (Å²) in [5, 5.41) is 16.3. The number of nitrogens with one attached hydrogen (secondary N) is 2. The summed E-state index contributed by atoms with van der Waals surface area (Å²) in [7, 11) is 0. The number of carboxylic acid groups (broad SMARTS) is 1. The van der Waals surface area contributed by atoms with Crippen LogP contribution in [-0.4, -0.2) is 35.9 Å². The Morgan fingerprint density at radius 2 is 2.00 bits per heavy atom. The molecule has 2 aromatic carbocycles. The highest BCUT2D eigenvalue weighted by atomic mass is 16.4. The van der Waals surface area contributed by atoms with Gasteiger partial charge in [-0.1, -0.05) is 30.9 Å². The molecule has 6 heteroatoms. The minimum absolute atomic E-state index is 0.0974. The number of carboxylic acids is 1. The lowest BCUT2D eigenvalue weighted by Gasteiger charge is -2.14. The van der Waals surface area contributed by atoms with Crippen LogP contribution >= 0.6 is 0 Å². The van der Waals surface area contributed by atoms with Crippen LogP contribution in [0.25, 0.3) is 10.8 Å². The van der Waals surface area contributed by atoms with E-state index in [0.717, 1.165) is 27.7 Å². The Hall–Kier alpha value is -3.41. The molecule has 0 aliphatic carbocycles. The summed E-state index contributed by atoms with van der Waals surface area (Å²) in [6.07, 6.45) is 3.57. The van der Waals surface area contributed by atoms with Gasteiger partial charge in [-0.3, -0.25) is 14.6 Å². The molecule has 3 N–H and O–H groups in total. The SMILES string of the molecule is C=CC1=CNC(c2ccc3cc(C(=O)NCCC(=O)O)ccc3c2)=NC1. The fraction of sp³-hybridized carbons (Fsp3) is 0.150. The van der Waals surface area contributed by atoms with E-state index in [-0.39, 0.29) is 18.9 Å². The van der Waals surface area contributed by atoms with Gasteiger partial charge in [0.1, 0.15) is 5.84 Å². The molecule has 1 amide bonds. The molecule has 0 fully saturated rings. The van der Waals surface area contributed by atoms with Crippen LogP contribution in [0, 0.1) is 0 Å². The molecule has 0 saturated carbocycles. The lowest BCUT2D eigenvalue weighted by Crippen LogP contribution is -2.26. The maximum absolute atomic E-state index is 12.1. The van der Waals surface area contributed by atoms with Crippen LogP contribution in [-0.2, 0) is 4.79 Å². The fourth-order valence-electron chi connectivity index (χ4n) is 2.64. The second kappa shape index (κ2) is 7.65. The van der Waals surface area contributed by atoms with Gasteiger partial charge in [0.2, 0.25) is 0 Å². The topological polar surface area (TPSA) is 90.8 Å². The van der Waals surface area contributed by atoms with E-state index in [9.17, 15) is 9.59 Å². The first-order chi connectivity index (χ1) is 12.6. The van der Waals surface area contributed by atoms with E-state index in [1.54, 1.807) is 18.2 Å². The number of hydrogen-bond donors (Lipinski definition) is 3. The van der Waals surface area contributed by atoms with E-state index in [4.69, 9.17) is 5.11 Å². The zero-order valence-corrected chi connectivity index (χ0v) is 14.2. The van der Waals surface area contributed by atoms with Gasteiger partial charge in [-0.2, -0.15) is 0 Å². The number of aliphatic imine (C=N–C) groups is 1. The number of nitrogens with zero attached hydrogens (tertiary/aromatic N) is 1. The molecule has 0 radical (unpaired) electrons. The Kier molecular flexibility index (Phi) is 5.12. The zero-order chi connectivity index (χ0) is 18.5. The average molecular weight is 349 g/mol. The normalized spacial score (nSPS) is 13.4. The predicted molar refractivity (Wildman–Crippen MR) is 101 cm³/mol. The summed E-state index contributed by atoms with van der Waals surface area (Å²) in [4.78, 5) is 27.1. The van der Waals surface area contributed by atoms with Crippen molar-refractivity contribution >= 4 is 28.5 Å². The molecule has 3 rings (SSSR count). The fourth-order valence-corrected chi connectivity index (χ4v) is 2.64. The molecule has 0 aromatic heterocycles. The van der Waals surface area contributed by atoms with E-state index in [2.05, 4.69) is 22.2 Å². The third-order valence-electron chi connectivity index (χ3n) is 4.08. The van der Waals surface area contributed by atoms with Crippen LogP contribution in [0.4, 0.5) is 0 Å². The molecule has 132 valence electrons. The lowest BCUT2D eigenvalue weighted by molar-refractivity contribution is -0.136. The van der Waals surface area contributed by atoms with Crippen molar-refractivity contribution < 1.29 is 14.7 Å². The molecule has 0 spiro atoms. The Morgan fingerprint density at radius 3 is 2.69 bits per heavy atom. The van der Waals surface area contributed by atoms with Gasteiger partial charge >= 0.3 is 5.97 Å². The van der Waals surface area contributed by atoms with Crippen molar-refractivity contribution in [3.05, 3.63) is 72.0 Å². The van der Waals surface area contributed by atoms with Gasteiger partial charge in [0, 0.05) is 23.9 Å². The first-order valence-electron chi connectivity index (χ1n) is 8.23. The molecule has 6 nitrogen and oxygen atoms in total. The van der Waals surface area contributed by atoms with Crippen molar-refractivity contribution in [1.29, 1.82) is 0 Å². The minimum atomic E-state index is -0.939. The standard InChI is InChI=1S/C20H19N3O3/c1-2-13-11-22-19(23-12-13)16-5-3-15-10-17(6-4-14(15)9-16)20(26)21-8-7-18(24)25/h2-6,9-11H,1,7-8,12H2,(H,21,26)(H,22,23)(H,24,25). The first-order valence-corrected chi connectivity index (χ1v) is 8.23. The molecule has 1 heterocycles. The number of rotatable bonds is 6. The summed E-state index contributed by atoms with van der Waals surface area (Å²) in [5.74, 6) is -0.420. The van der Waals surface area contributed by atoms with Gasteiger partial charge in [0.15, 0.2) is 0 Å². The monoisotopic (exact) mass is 349 g/mol. The summed E-state index contributed by atoms with van der Waals surface area (Å²) in [6.45, 7) is 4.44. The summed E-state index contributed by atoms with van der Waals surface area (Å²) >= 11 is 0. The molecular formula is C20H19N3O3. The van der Waals surface area contributed by atoms with Crippen molar-refractivity contribution in [2.75, 3.05) is 13.1 Å². The molecule has 1 aliphatic rings. The number of fused-ring (bicyclic) bond motifs is 1. The maximum Gasteiger partial charge on any atom is 0.305 e. The van der Waals surface area contributed by atoms with Gasteiger partial charge in [-0.25, -0.2) is 0 Å². The second-order valence-corrected chi connectivity index (χ2v) is 5.91. The average Bonchev–Trinajstić information content (AvgIpc) is 2.67. The Bertz CT molecular complexity index is 944. The van der Waals surface area contributed by atoms with Gasteiger partial charge in [0.25, 0.3) is 5.91 Å². The molecule has 1 aliphatic heterocycles. The van der Waals surface area contributed by atoms with Crippen LogP contribution in [0.15, 0.2) is 65.8 Å². The third-order valence-corrected chi connectivity index (χ3v) is 4.08. The lowest BCUT2D eigenvalue weighted by atomic mass is 10.0. The molecule has 0 bridgehead atoms. The molecule has 2 aromatic rings. The van der Waals surface area contributed by atoms with E-state index in [1.807, 2.05) is 30.5 Å².